The van der Waals surface area contributed by atoms with Crippen LogP contribution in [0.4, 0.5) is 15.8 Å². The minimum absolute atomic E-state index is 0.0993. The molecular weight excluding hydrogens is 459 g/mol. The lowest BCUT2D eigenvalue weighted by Crippen LogP contribution is -2.42. The summed E-state index contributed by atoms with van der Waals surface area (Å²) in [5, 5.41) is 5.22. The fraction of sp³-hybridized carbons (Fsp3) is 0.174. The lowest BCUT2D eigenvalue weighted by atomic mass is 10.2. The summed E-state index contributed by atoms with van der Waals surface area (Å²) in [7, 11) is 4.48. The van der Waals surface area contributed by atoms with Gasteiger partial charge < -0.3 is 19.9 Å². The Balaban J connectivity index is 1.58. The van der Waals surface area contributed by atoms with Gasteiger partial charge in [-0.2, -0.15) is 0 Å². The van der Waals surface area contributed by atoms with Crippen molar-refractivity contribution in [2.45, 2.75) is 6.54 Å². The molecule has 0 aliphatic heterocycles. The van der Waals surface area contributed by atoms with Crippen LogP contribution in [0, 0.1) is 5.82 Å². The van der Waals surface area contributed by atoms with Crippen LogP contribution in [0.1, 0.15) is 10.4 Å². The molecule has 0 atom stereocenters. The molecule has 0 unspecified atom stereocenters. The Hall–Kier alpha value is -4.74. The van der Waals surface area contributed by atoms with Gasteiger partial charge in [0.25, 0.3) is 11.5 Å². The Morgan fingerprint density at radius 3 is 2.57 bits per heavy atom. The molecule has 180 valence electrons. The number of carbonyl (C=O) groups is 2. The van der Waals surface area contributed by atoms with Gasteiger partial charge in [0, 0.05) is 25.3 Å². The molecule has 0 aliphatic carbocycles. The minimum atomic E-state index is -0.686. The Morgan fingerprint density at radius 2 is 1.86 bits per heavy atom. The summed E-state index contributed by atoms with van der Waals surface area (Å²) in [5.41, 5.74) is -0.326. The highest BCUT2D eigenvalue weighted by molar-refractivity contribution is 6.05. The molecule has 12 heteroatoms. The SMILES string of the molecule is COc1ccc(NC(=O)Cn2c(=O)c3c(ncn3C)n(C)c2=O)cc1NC(=O)c1cccc(F)c1. The number of imidazole rings is 1. The molecule has 0 saturated carbocycles. The molecule has 4 aromatic rings. The normalized spacial score (nSPS) is 10.9. The van der Waals surface area contributed by atoms with Gasteiger partial charge in [-0.1, -0.05) is 6.07 Å². The molecule has 0 aliphatic rings. The fourth-order valence-electron chi connectivity index (χ4n) is 3.59. The number of aryl methyl sites for hydroxylation is 2. The number of anilines is 2. The maximum Gasteiger partial charge on any atom is 0.332 e. The second-order valence-electron chi connectivity index (χ2n) is 7.69. The van der Waals surface area contributed by atoms with Crippen molar-refractivity contribution in [1.82, 2.24) is 18.7 Å². The van der Waals surface area contributed by atoms with E-state index in [9.17, 15) is 23.6 Å². The summed E-state index contributed by atoms with van der Waals surface area (Å²) in [6.45, 7) is -0.538. The molecule has 0 saturated heterocycles. The number of amides is 2. The second kappa shape index (κ2) is 9.25. The number of rotatable bonds is 6. The highest BCUT2D eigenvalue weighted by Gasteiger charge is 2.18. The van der Waals surface area contributed by atoms with E-state index in [4.69, 9.17) is 4.74 Å². The average molecular weight is 480 g/mol. The summed E-state index contributed by atoms with van der Waals surface area (Å²) in [5.74, 6) is -1.47. The monoisotopic (exact) mass is 480 g/mol. The van der Waals surface area contributed by atoms with Crippen molar-refractivity contribution >= 4 is 34.4 Å². The predicted molar refractivity (Wildman–Crippen MR) is 126 cm³/mol. The van der Waals surface area contributed by atoms with Crippen LogP contribution in [-0.4, -0.2) is 37.6 Å². The van der Waals surface area contributed by atoms with E-state index < -0.39 is 35.4 Å². The maximum atomic E-state index is 13.5. The number of halogens is 1. The predicted octanol–water partition coefficient (Wildman–Crippen LogP) is 1.47. The van der Waals surface area contributed by atoms with Crippen LogP contribution in [0.15, 0.2) is 58.4 Å². The molecule has 35 heavy (non-hydrogen) atoms. The third-order valence-corrected chi connectivity index (χ3v) is 5.32. The van der Waals surface area contributed by atoms with E-state index in [2.05, 4.69) is 15.6 Å². The quantitative estimate of drug-likeness (QED) is 0.430. The van der Waals surface area contributed by atoms with E-state index in [-0.39, 0.29) is 28.1 Å². The number of ether oxygens (including phenoxy) is 1. The van der Waals surface area contributed by atoms with Gasteiger partial charge in [0.1, 0.15) is 18.1 Å². The van der Waals surface area contributed by atoms with Crippen LogP contribution in [0.25, 0.3) is 11.2 Å². The lowest BCUT2D eigenvalue weighted by molar-refractivity contribution is -0.116. The number of hydrogen-bond donors (Lipinski definition) is 2. The minimum Gasteiger partial charge on any atom is -0.495 e. The van der Waals surface area contributed by atoms with Crippen LogP contribution in [-0.2, 0) is 25.4 Å². The molecule has 0 fully saturated rings. The summed E-state index contributed by atoms with van der Waals surface area (Å²) in [6, 6.07) is 9.66. The van der Waals surface area contributed by atoms with Gasteiger partial charge in [-0.05, 0) is 36.4 Å². The highest BCUT2D eigenvalue weighted by atomic mass is 19.1. The van der Waals surface area contributed by atoms with Crippen LogP contribution in [0.5, 0.6) is 5.75 Å². The van der Waals surface area contributed by atoms with Crippen molar-refractivity contribution in [3.63, 3.8) is 0 Å². The van der Waals surface area contributed by atoms with E-state index in [1.54, 1.807) is 7.05 Å². The molecule has 2 N–H and O–H groups in total. The summed E-state index contributed by atoms with van der Waals surface area (Å²) in [6.07, 6.45) is 1.41. The Morgan fingerprint density at radius 1 is 1.09 bits per heavy atom. The Kier molecular flexibility index (Phi) is 6.19. The van der Waals surface area contributed by atoms with Gasteiger partial charge >= 0.3 is 5.69 Å². The molecule has 2 aromatic carbocycles. The van der Waals surface area contributed by atoms with Gasteiger partial charge in [0.15, 0.2) is 11.2 Å². The van der Waals surface area contributed by atoms with E-state index in [1.807, 2.05) is 0 Å². The van der Waals surface area contributed by atoms with Crippen molar-refractivity contribution in [2.24, 2.45) is 14.1 Å². The number of nitrogens with zero attached hydrogens (tertiary/aromatic N) is 4. The fourth-order valence-corrected chi connectivity index (χ4v) is 3.59. The lowest BCUT2D eigenvalue weighted by Gasteiger charge is -2.13. The van der Waals surface area contributed by atoms with E-state index >= 15 is 0 Å². The Bertz CT molecular complexity index is 1590. The highest BCUT2D eigenvalue weighted by Crippen LogP contribution is 2.28. The van der Waals surface area contributed by atoms with Gasteiger partial charge in [-0.25, -0.2) is 18.7 Å². The average Bonchev–Trinajstić information content (AvgIpc) is 3.22. The zero-order valence-electron chi connectivity index (χ0n) is 19.0. The van der Waals surface area contributed by atoms with Gasteiger partial charge in [0.05, 0.1) is 19.1 Å². The molecule has 11 nitrogen and oxygen atoms in total. The summed E-state index contributed by atoms with van der Waals surface area (Å²) < 4.78 is 22.2. The van der Waals surface area contributed by atoms with Crippen LogP contribution < -0.4 is 26.6 Å². The van der Waals surface area contributed by atoms with Crippen LogP contribution >= 0.6 is 0 Å². The first-order valence-corrected chi connectivity index (χ1v) is 10.3. The number of aromatic nitrogens is 4. The first-order valence-electron chi connectivity index (χ1n) is 10.3. The third kappa shape index (κ3) is 4.53. The van der Waals surface area contributed by atoms with E-state index in [1.165, 1.54) is 66.0 Å². The molecule has 0 bridgehead atoms. The first kappa shape index (κ1) is 23.4. The molecular formula is C23H21FN6O5. The van der Waals surface area contributed by atoms with E-state index in [0.29, 0.717) is 5.75 Å². The molecule has 4 rings (SSSR count). The first-order chi connectivity index (χ1) is 16.7. The van der Waals surface area contributed by atoms with Crippen molar-refractivity contribution in [3.05, 3.63) is 81.0 Å². The Labute approximate surface area is 197 Å². The number of nitrogens with one attached hydrogen (secondary N) is 2. The maximum absolute atomic E-state index is 13.5. The van der Waals surface area contributed by atoms with Crippen LogP contribution in [0.3, 0.4) is 0 Å². The molecule has 0 radical (unpaired) electrons. The smallest absolute Gasteiger partial charge is 0.332 e. The molecule has 2 aromatic heterocycles. The zero-order chi connectivity index (χ0) is 25.3. The molecule has 2 heterocycles. The molecule has 0 spiro atoms. The number of carbonyl (C=O) groups excluding carboxylic acids is 2. The topological polar surface area (TPSA) is 129 Å². The number of fused-ring (bicyclic) bond motifs is 1. The second-order valence-corrected chi connectivity index (χ2v) is 7.69. The summed E-state index contributed by atoms with van der Waals surface area (Å²) in [4.78, 5) is 54.7. The molecule has 2 amide bonds. The van der Waals surface area contributed by atoms with Gasteiger partial charge in [-0.3, -0.25) is 19.0 Å². The van der Waals surface area contributed by atoms with Gasteiger partial charge in [0.2, 0.25) is 5.91 Å². The van der Waals surface area contributed by atoms with Crippen molar-refractivity contribution in [2.75, 3.05) is 17.7 Å². The standard InChI is InChI=1S/C23H21FN6O5/c1-28-12-25-20-19(28)22(33)30(23(34)29(20)2)11-18(31)26-15-7-8-17(35-3)16(10-15)27-21(32)13-5-4-6-14(24)9-13/h4-10,12H,11H2,1-3H3,(H,26,31)(H,27,32). The summed E-state index contributed by atoms with van der Waals surface area (Å²) >= 11 is 0. The van der Waals surface area contributed by atoms with E-state index in [0.717, 1.165) is 10.6 Å². The van der Waals surface area contributed by atoms with Gasteiger partial charge in [-0.15, -0.1) is 0 Å². The number of benzene rings is 2. The third-order valence-electron chi connectivity index (χ3n) is 5.32. The van der Waals surface area contributed by atoms with Crippen LogP contribution in [0.2, 0.25) is 0 Å². The number of methoxy groups -OCH3 is 1. The number of hydrogen-bond acceptors (Lipinski definition) is 6. The van der Waals surface area contributed by atoms with Crippen molar-refractivity contribution in [3.8, 4) is 5.75 Å². The zero-order valence-corrected chi connectivity index (χ0v) is 19.0. The van der Waals surface area contributed by atoms with Crippen molar-refractivity contribution < 1.29 is 18.7 Å². The largest absolute Gasteiger partial charge is 0.495 e. The van der Waals surface area contributed by atoms with Crippen molar-refractivity contribution in [1.29, 1.82) is 0 Å².